The highest BCUT2D eigenvalue weighted by atomic mass is 16.2. The van der Waals surface area contributed by atoms with Crippen LogP contribution in [-0.4, -0.2) is 61.1 Å². The summed E-state index contributed by atoms with van der Waals surface area (Å²) in [5.74, 6) is 0. The largest absolute Gasteiger partial charge is 0.369 e. The first-order chi connectivity index (χ1) is 13.1. The summed E-state index contributed by atoms with van der Waals surface area (Å²) in [5, 5.41) is 3.02. The third kappa shape index (κ3) is 3.93. The van der Waals surface area contributed by atoms with Gasteiger partial charge in [0.15, 0.2) is 0 Å². The van der Waals surface area contributed by atoms with Crippen molar-refractivity contribution in [3.63, 3.8) is 0 Å². The van der Waals surface area contributed by atoms with E-state index >= 15 is 0 Å². The van der Waals surface area contributed by atoms with Gasteiger partial charge in [0.05, 0.1) is 0 Å². The van der Waals surface area contributed by atoms with Crippen LogP contribution >= 0.6 is 0 Å². The fraction of sp³-hybridized carbons (Fsp3) is 0.409. The molecule has 0 unspecified atom stereocenters. The van der Waals surface area contributed by atoms with Crippen LogP contribution in [0, 0.1) is 13.8 Å². The standard InChI is InChI=1S/C22H28N4O/c1-17-8-9-19(14-18(17)2)23-22(27)26-15-21(16-26)25-12-10-24(11-13-25)20-6-4-3-5-7-20/h3-9,14,21H,10-13,15-16H2,1-2H3,(H,23,27). The summed E-state index contributed by atoms with van der Waals surface area (Å²) in [6.07, 6.45) is 0. The molecule has 142 valence electrons. The predicted octanol–water partition coefficient (Wildman–Crippen LogP) is 3.34. The second-order valence-electron chi connectivity index (χ2n) is 7.65. The molecule has 0 atom stereocenters. The molecule has 27 heavy (non-hydrogen) atoms. The summed E-state index contributed by atoms with van der Waals surface area (Å²) in [6, 6.07) is 17.2. The van der Waals surface area contributed by atoms with E-state index < -0.39 is 0 Å². The van der Waals surface area contributed by atoms with Crippen LogP contribution in [0.4, 0.5) is 16.2 Å². The van der Waals surface area contributed by atoms with E-state index in [9.17, 15) is 4.79 Å². The molecule has 1 N–H and O–H groups in total. The van der Waals surface area contributed by atoms with Gasteiger partial charge in [-0.25, -0.2) is 4.79 Å². The number of para-hydroxylation sites is 1. The van der Waals surface area contributed by atoms with Crippen LogP contribution in [0.3, 0.4) is 0 Å². The maximum Gasteiger partial charge on any atom is 0.321 e. The lowest BCUT2D eigenvalue weighted by molar-refractivity contribution is 0.0578. The van der Waals surface area contributed by atoms with Gasteiger partial charge in [-0.15, -0.1) is 0 Å². The van der Waals surface area contributed by atoms with Gasteiger partial charge in [-0.2, -0.15) is 0 Å². The first kappa shape index (κ1) is 17.9. The number of anilines is 2. The first-order valence-corrected chi connectivity index (χ1v) is 9.77. The van der Waals surface area contributed by atoms with Crippen LogP contribution < -0.4 is 10.2 Å². The molecule has 0 spiro atoms. The highest BCUT2D eigenvalue weighted by Gasteiger charge is 2.36. The molecule has 2 saturated heterocycles. The number of rotatable bonds is 3. The fourth-order valence-corrected chi connectivity index (χ4v) is 3.86. The Morgan fingerprint density at radius 3 is 2.30 bits per heavy atom. The van der Waals surface area contributed by atoms with E-state index in [0.717, 1.165) is 45.0 Å². The molecular weight excluding hydrogens is 336 g/mol. The SMILES string of the molecule is Cc1ccc(NC(=O)N2CC(N3CCN(c4ccccc4)CC3)C2)cc1C. The molecule has 0 saturated carbocycles. The van der Waals surface area contributed by atoms with Gasteiger partial charge < -0.3 is 15.1 Å². The Bertz CT molecular complexity index is 793. The molecule has 2 fully saturated rings. The van der Waals surface area contributed by atoms with Crippen LogP contribution in [0.15, 0.2) is 48.5 Å². The Morgan fingerprint density at radius 1 is 0.926 bits per heavy atom. The van der Waals surface area contributed by atoms with Crippen LogP contribution in [0.25, 0.3) is 0 Å². The molecule has 2 amide bonds. The third-order valence-corrected chi connectivity index (χ3v) is 5.86. The zero-order valence-corrected chi connectivity index (χ0v) is 16.2. The summed E-state index contributed by atoms with van der Waals surface area (Å²) in [5.41, 5.74) is 4.63. The number of urea groups is 1. The summed E-state index contributed by atoms with van der Waals surface area (Å²) in [7, 11) is 0. The topological polar surface area (TPSA) is 38.8 Å². The molecular formula is C22H28N4O. The number of carbonyl (C=O) groups is 1. The Labute approximate surface area is 161 Å². The van der Waals surface area contributed by atoms with Crippen molar-refractivity contribution < 1.29 is 4.79 Å². The average molecular weight is 364 g/mol. The van der Waals surface area contributed by atoms with Gasteiger partial charge in [-0.1, -0.05) is 24.3 Å². The molecule has 5 heteroatoms. The number of nitrogens with zero attached hydrogens (tertiary/aromatic N) is 3. The Morgan fingerprint density at radius 2 is 1.63 bits per heavy atom. The van der Waals surface area contributed by atoms with E-state index in [1.165, 1.54) is 16.8 Å². The Kier molecular flexibility index (Phi) is 5.03. The normalized spacial score (nSPS) is 18.3. The lowest BCUT2D eigenvalue weighted by atomic mass is 10.1. The third-order valence-electron chi connectivity index (χ3n) is 5.86. The molecule has 2 aromatic rings. The second kappa shape index (κ2) is 7.61. The van der Waals surface area contributed by atoms with Crippen molar-refractivity contribution >= 4 is 17.4 Å². The van der Waals surface area contributed by atoms with Crippen molar-refractivity contribution in [3.05, 3.63) is 59.7 Å². The van der Waals surface area contributed by atoms with E-state index in [-0.39, 0.29) is 6.03 Å². The lowest BCUT2D eigenvalue weighted by Crippen LogP contribution is -2.64. The molecule has 0 bridgehead atoms. The smallest absolute Gasteiger partial charge is 0.321 e. The van der Waals surface area contributed by atoms with Crippen molar-refractivity contribution in [3.8, 4) is 0 Å². The van der Waals surface area contributed by atoms with Crippen LogP contribution in [0.2, 0.25) is 0 Å². The predicted molar refractivity (Wildman–Crippen MR) is 111 cm³/mol. The van der Waals surface area contributed by atoms with Crippen LogP contribution in [-0.2, 0) is 0 Å². The highest BCUT2D eigenvalue weighted by Crippen LogP contribution is 2.22. The van der Waals surface area contributed by atoms with Crippen molar-refractivity contribution in [2.45, 2.75) is 19.9 Å². The van der Waals surface area contributed by atoms with Gasteiger partial charge in [-0.3, -0.25) is 4.90 Å². The molecule has 5 nitrogen and oxygen atoms in total. The maximum absolute atomic E-state index is 12.4. The van der Waals surface area contributed by atoms with Gasteiger partial charge in [-0.05, 0) is 49.2 Å². The zero-order valence-electron chi connectivity index (χ0n) is 16.2. The highest BCUT2D eigenvalue weighted by molar-refractivity contribution is 5.90. The summed E-state index contributed by atoms with van der Waals surface area (Å²) < 4.78 is 0. The van der Waals surface area contributed by atoms with Gasteiger partial charge in [0.1, 0.15) is 0 Å². The minimum absolute atomic E-state index is 0.0115. The van der Waals surface area contributed by atoms with Gasteiger partial charge in [0.2, 0.25) is 0 Å². The molecule has 0 radical (unpaired) electrons. The van der Waals surface area contributed by atoms with Gasteiger partial charge in [0.25, 0.3) is 0 Å². The number of benzene rings is 2. The minimum atomic E-state index is 0.0115. The number of nitrogens with one attached hydrogen (secondary N) is 1. The summed E-state index contributed by atoms with van der Waals surface area (Å²) in [6.45, 7) is 10.0. The summed E-state index contributed by atoms with van der Waals surface area (Å²) in [4.78, 5) is 19.3. The van der Waals surface area contributed by atoms with Crippen molar-refractivity contribution in [2.75, 3.05) is 49.5 Å². The van der Waals surface area contributed by atoms with Gasteiger partial charge >= 0.3 is 6.03 Å². The monoisotopic (exact) mass is 364 g/mol. The number of carbonyl (C=O) groups excluding carboxylic acids is 1. The molecule has 0 aromatic heterocycles. The zero-order chi connectivity index (χ0) is 18.8. The number of piperazine rings is 1. The quantitative estimate of drug-likeness (QED) is 0.908. The maximum atomic E-state index is 12.4. The molecule has 2 aliphatic rings. The summed E-state index contributed by atoms with van der Waals surface area (Å²) >= 11 is 0. The van der Waals surface area contributed by atoms with Gasteiger partial charge in [0, 0.05) is 56.7 Å². The van der Waals surface area contributed by atoms with E-state index in [4.69, 9.17) is 0 Å². The Balaban J connectivity index is 1.24. The number of aryl methyl sites for hydroxylation is 2. The lowest BCUT2D eigenvalue weighted by Gasteiger charge is -2.48. The minimum Gasteiger partial charge on any atom is -0.369 e. The van der Waals surface area contributed by atoms with Crippen LogP contribution in [0.5, 0.6) is 0 Å². The average Bonchev–Trinajstić information content (AvgIpc) is 2.65. The van der Waals surface area contributed by atoms with E-state index in [1.54, 1.807) is 0 Å². The van der Waals surface area contributed by atoms with E-state index in [1.807, 2.05) is 17.0 Å². The van der Waals surface area contributed by atoms with Crippen LogP contribution in [0.1, 0.15) is 11.1 Å². The number of hydrogen-bond donors (Lipinski definition) is 1. The molecule has 2 aromatic carbocycles. The number of amides is 2. The van der Waals surface area contributed by atoms with Crippen molar-refractivity contribution in [1.82, 2.24) is 9.80 Å². The molecule has 0 aliphatic carbocycles. The van der Waals surface area contributed by atoms with Crippen molar-refractivity contribution in [1.29, 1.82) is 0 Å². The number of hydrogen-bond acceptors (Lipinski definition) is 3. The fourth-order valence-electron chi connectivity index (χ4n) is 3.86. The molecule has 2 heterocycles. The molecule has 2 aliphatic heterocycles. The first-order valence-electron chi connectivity index (χ1n) is 9.77. The van der Waals surface area contributed by atoms with E-state index in [2.05, 4.69) is 65.4 Å². The number of likely N-dealkylation sites (tertiary alicyclic amines) is 1. The van der Waals surface area contributed by atoms with Crippen molar-refractivity contribution in [2.24, 2.45) is 0 Å². The second-order valence-corrected chi connectivity index (χ2v) is 7.65. The van der Waals surface area contributed by atoms with E-state index in [0.29, 0.717) is 6.04 Å². The Hall–Kier alpha value is -2.53. The molecule has 4 rings (SSSR count).